The van der Waals surface area contributed by atoms with Gasteiger partial charge in [-0.05, 0) is 68.2 Å². The quantitative estimate of drug-likeness (QED) is 0.493. The lowest BCUT2D eigenvalue weighted by molar-refractivity contribution is -0.153. The summed E-state index contributed by atoms with van der Waals surface area (Å²) in [7, 11) is 0. The van der Waals surface area contributed by atoms with E-state index in [0.717, 1.165) is 4.90 Å². The van der Waals surface area contributed by atoms with Crippen molar-refractivity contribution in [3.8, 4) is 0 Å². The Bertz CT molecular complexity index is 717. The van der Waals surface area contributed by atoms with E-state index in [9.17, 15) is 19.2 Å². The fourth-order valence-corrected chi connectivity index (χ4v) is 3.14. The molecule has 0 aromatic heterocycles. The zero-order valence-corrected chi connectivity index (χ0v) is 19.5. The van der Waals surface area contributed by atoms with Crippen molar-refractivity contribution in [3.05, 3.63) is 12.2 Å². The van der Waals surface area contributed by atoms with Gasteiger partial charge in [0.1, 0.15) is 0 Å². The molecule has 0 aliphatic carbocycles. The van der Waals surface area contributed by atoms with Gasteiger partial charge in [-0.3, -0.25) is 24.1 Å². The molecule has 0 saturated heterocycles. The Labute approximate surface area is 179 Å². The first-order chi connectivity index (χ1) is 13.4. The number of hydrogen-bond acceptors (Lipinski definition) is 5. The van der Waals surface area contributed by atoms with Crippen molar-refractivity contribution in [2.75, 3.05) is 6.61 Å². The maximum absolute atomic E-state index is 13.2. The molecule has 0 atom stereocenters. The van der Waals surface area contributed by atoms with Crippen LogP contribution in [0.5, 0.6) is 0 Å². The third-order valence-corrected chi connectivity index (χ3v) is 5.94. The summed E-state index contributed by atoms with van der Waals surface area (Å²) in [6.45, 7) is 14.6. The first-order valence-electron chi connectivity index (χ1n) is 10.2. The average molecular weight is 424 g/mol. The predicted molar refractivity (Wildman–Crippen MR) is 114 cm³/mol. The number of nitrogens with one attached hydrogen (secondary N) is 1. The minimum atomic E-state index is -1.06. The van der Waals surface area contributed by atoms with Crippen LogP contribution >= 0.6 is 0 Å². The molecule has 170 valence electrons. The number of imide groups is 1. The minimum Gasteiger partial charge on any atom is -0.373 e. The Balaban J connectivity index is 2.79. The summed E-state index contributed by atoms with van der Waals surface area (Å²) in [6, 6.07) is 0. The second-order valence-electron chi connectivity index (χ2n) is 10.2. The Morgan fingerprint density at radius 1 is 1.00 bits per heavy atom. The number of nitrogens with zero attached hydrogens (tertiary/aromatic N) is 1. The molecule has 3 N–H and O–H groups in total. The van der Waals surface area contributed by atoms with E-state index >= 15 is 0 Å². The third kappa shape index (κ3) is 6.14. The summed E-state index contributed by atoms with van der Waals surface area (Å²) >= 11 is 0. The molecule has 8 heteroatoms. The Hall–Kier alpha value is -2.22. The summed E-state index contributed by atoms with van der Waals surface area (Å²) in [5, 5.41) is 2.99. The van der Waals surface area contributed by atoms with Crippen molar-refractivity contribution in [2.24, 2.45) is 11.1 Å². The van der Waals surface area contributed by atoms with Crippen LogP contribution in [0, 0.1) is 5.41 Å². The number of nitrogens with two attached hydrogens (primary N) is 1. The molecule has 8 nitrogen and oxygen atoms in total. The van der Waals surface area contributed by atoms with Gasteiger partial charge >= 0.3 is 0 Å². The van der Waals surface area contributed by atoms with Crippen molar-refractivity contribution in [1.29, 1.82) is 0 Å². The molecule has 0 spiro atoms. The fourth-order valence-electron chi connectivity index (χ4n) is 3.14. The van der Waals surface area contributed by atoms with E-state index in [4.69, 9.17) is 10.5 Å². The third-order valence-electron chi connectivity index (χ3n) is 5.94. The highest BCUT2D eigenvalue weighted by Crippen LogP contribution is 2.38. The summed E-state index contributed by atoms with van der Waals surface area (Å²) in [6.07, 6.45) is 4.03. The van der Waals surface area contributed by atoms with Gasteiger partial charge in [0.05, 0.1) is 28.7 Å². The number of carbonyl (C=O) groups is 4. The fraction of sp³-hybridized carbons (Fsp3) is 0.727. The molecule has 0 fully saturated rings. The highest BCUT2D eigenvalue weighted by molar-refractivity contribution is 6.13. The molecule has 0 saturated carbocycles. The molecule has 1 aliphatic heterocycles. The van der Waals surface area contributed by atoms with Crippen molar-refractivity contribution < 1.29 is 23.9 Å². The lowest BCUT2D eigenvalue weighted by atomic mass is 9.72. The normalized spacial score (nSPS) is 15.7. The van der Waals surface area contributed by atoms with Crippen molar-refractivity contribution in [3.63, 3.8) is 0 Å². The van der Waals surface area contributed by atoms with Crippen LogP contribution in [-0.4, -0.2) is 51.8 Å². The topological polar surface area (TPSA) is 119 Å². The van der Waals surface area contributed by atoms with Gasteiger partial charge in [0.2, 0.25) is 11.8 Å². The van der Waals surface area contributed by atoms with Gasteiger partial charge in [0.25, 0.3) is 11.8 Å². The van der Waals surface area contributed by atoms with Crippen LogP contribution in [-0.2, 0) is 23.9 Å². The molecule has 4 amide bonds. The Kier molecular flexibility index (Phi) is 7.64. The van der Waals surface area contributed by atoms with Crippen LogP contribution in [0.1, 0.15) is 74.7 Å². The first kappa shape index (κ1) is 25.8. The molecule has 1 heterocycles. The summed E-state index contributed by atoms with van der Waals surface area (Å²) in [5.41, 5.74) is 1.91. The molecule has 30 heavy (non-hydrogen) atoms. The summed E-state index contributed by atoms with van der Waals surface area (Å²) in [5.74, 6) is -1.48. The molecule has 0 unspecified atom stereocenters. The van der Waals surface area contributed by atoms with Gasteiger partial charge in [-0.2, -0.15) is 0 Å². The van der Waals surface area contributed by atoms with Crippen molar-refractivity contribution in [1.82, 2.24) is 10.2 Å². The maximum Gasteiger partial charge on any atom is 0.254 e. The van der Waals surface area contributed by atoms with Gasteiger partial charge < -0.3 is 15.8 Å². The Morgan fingerprint density at radius 2 is 1.50 bits per heavy atom. The highest BCUT2D eigenvalue weighted by atomic mass is 16.5. The smallest absolute Gasteiger partial charge is 0.254 e. The first-order valence-corrected chi connectivity index (χ1v) is 10.2. The zero-order chi connectivity index (χ0) is 23.5. The van der Waals surface area contributed by atoms with E-state index in [0.29, 0.717) is 19.3 Å². The molecule has 1 rings (SSSR count). The molecular weight excluding hydrogens is 386 g/mol. The number of ether oxygens (including phenoxy) is 1. The van der Waals surface area contributed by atoms with Gasteiger partial charge in [-0.15, -0.1) is 0 Å². The molecule has 1 aliphatic rings. The van der Waals surface area contributed by atoms with Crippen LogP contribution in [0.15, 0.2) is 12.2 Å². The van der Waals surface area contributed by atoms with Crippen LogP contribution in [0.3, 0.4) is 0 Å². The molecular formula is C22H37N3O5. The number of hydrogen-bond donors (Lipinski definition) is 2. The second kappa shape index (κ2) is 8.88. The number of rotatable bonds is 11. The van der Waals surface area contributed by atoms with Crippen molar-refractivity contribution in [2.45, 2.75) is 91.3 Å². The van der Waals surface area contributed by atoms with E-state index in [-0.39, 0.29) is 18.4 Å². The summed E-state index contributed by atoms with van der Waals surface area (Å²) < 4.78 is 6.01. The van der Waals surface area contributed by atoms with Gasteiger partial charge in [-0.25, -0.2) is 0 Å². The van der Waals surface area contributed by atoms with Crippen molar-refractivity contribution >= 4 is 23.6 Å². The van der Waals surface area contributed by atoms with E-state index < -0.39 is 33.9 Å². The summed E-state index contributed by atoms with van der Waals surface area (Å²) in [4.78, 5) is 49.6. The standard InChI is InChI=1S/C22H37N3O5/c1-19(2,14-30-20(3,4)13-9-10-15(23)26)24-18(29)21(5,6)22(7,8)25-16(27)11-12-17(25)28/h11-12H,9-10,13-14H2,1-8H3,(H2,23,26)(H,24,29). The van der Waals surface area contributed by atoms with Gasteiger partial charge in [0.15, 0.2) is 0 Å². The van der Waals surface area contributed by atoms with Crippen LogP contribution in [0.4, 0.5) is 0 Å². The van der Waals surface area contributed by atoms with E-state index in [1.807, 2.05) is 27.7 Å². The van der Waals surface area contributed by atoms with E-state index in [1.54, 1.807) is 27.7 Å². The molecule has 0 bridgehead atoms. The Morgan fingerprint density at radius 3 is 1.97 bits per heavy atom. The minimum absolute atomic E-state index is 0.252. The van der Waals surface area contributed by atoms with Crippen LogP contribution < -0.4 is 11.1 Å². The largest absolute Gasteiger partial charge is 0.373 e. The monoisotopic (exact) mass is 423 g/mol. The van der Waals surface area contributed by atoms with Gasteiger partial charge in [0, 0.05) is 18.6 Å². The maximum atomic E-state index is 13.2. The number of primary amides is 1. The number of carbonyl (C=O) groups excluding carboxylic acids is 4. The highest BCUT2D eigenvalue weighted by Gasteiger charge is 2.52. The predicted octanol–water partition coefficient (Wildman–Crippen LogP) is 2.06. The SMILES string of the molecule is CC(C)(COC(C)(C)CCCC(N)=O)NC(=O)C(C)(C)C(C)(C)N1C(=O)C=CC1=O. The molecule has 0 radical (unpaired) electrons. The van der Waals surface area contributed by atoms with E-state index in [1.165, 1.54) is 12.2 Å². The average Bonchev–Trinajstić information content (AvgIpc) is 2.91. The lowest BCUT2D eigenvalue weighted by Gasteiger charge is -2.46. The molecule has 0 aromatic carbocycles. The van der Waals surface area contributed by atoms with E-state index in [2.05, 4.69) is 5.32 Å². The van der Waals surface area contributed by atoms with Crippen LogP contribution in [0.2, 0.25) is 0 Å². The van der Waals surface area contributed by atoms with Gasteiger partial charge in [-0.1, -0.05) is 0 Å². The second-order valence-corrected chi connectivity index (χ2v) is 10.2. The number of amides is 4. The molecule has 0 aromatic rings. The zero-order valence-electron chi connectivity index (χ0n) is 19.5. The van der Waals surface area contributed by atoms with Crippen LogP contribution in [0.25, 0.3) is 0 Å². The lowest BCUT2D eigenvalue weighted by Crippen LogP contribution is -2.63.